The third kappa shape index (κ3) is 4.60. The molecule has 0 bridgehead atoms. The predicted molar refractivity (Wildman–Crippen MR) is 94.4 cm³/mol. The molecule has 8 heteroatoms. The predicted octanol–water partition coefficient (Wildman–Crippen LogP) is 3.05. The first kappa shape index (κ1) is 18.1. The molecule has 2 aromatic rings. The molecule has 0 saturated carbocycles. The molecule has 0 saturated heterocycles. The van der Waals surface area contributed by atoms with E-state index in [-0.39, 0.29) is 17.3 Å². The Labute approximate surface area is 144 Å². The van der Waals surface area contributed by atoms with Gasteiger partial charge in [0.25, 0.3) is 5.69 Å². The number of amides is 1. The number of ether oxygens (including phenoxy) is 2. The second-order valence-electron chi connectivity index (χ2n) is 5.23. The van der Waals surface area contributed by atoms with Gasteiger partial charge < -0.3 is 20.1 Å². The summed E-state index contributed by atoms with van der Waals surface area (Å²) in [4.78, 5) is 22.7. The Morgan fingerprint density at radius 3 is 2.36 bits per heavy atom. The quantitative estimate of drug-likeness (QED) is 0.590. The monoisotopic (exact) mass is 345 g/mol. The molecule has 8 nitrogen and oxygen atoms in total. The van der Waals surface area contributed by atoms with E-state index in [1.54, 1.807) is 38.3 Å². The molecule has 0 aliphatic heterocycles. The molecule has 1 atom stereocenters. The lowest BCUT2D eigenvalue weighted by atomic mass is 10.2. The average molecular weight is 345 g/mol. The summed E-state index contributed by atoms with van der Waals surface area (Å²) in [6, 6.07) is 10.6. The number of methoxy groups -OCH3 is 2. The molecule has 2 aromatic carbocycles. The van der Waals surface area contributed by atoms with E-state index in [0.29, 0.717) is 11.5 Å². The van der Waals surface area contributed by atoms with Crippen LogP contribution in [0.1, 0.15) is 6.92 Å². The van der Waals surface area contributed by atoms with Gasteiger partial charge >= 0.3 is 0 Å². The summed E-state index contributed by atoms with van der Waals surface area (Å²) in [6.07, 6.45) is 0. The Morgan fingerprint density at radius 2 is 1.80 bits per heavy atom. The highest BCUT2D eigenvalue weighted by Crippen LogP contribution is 2.29. The van der Waals surface area contributed by atoms with Gasteiger partial charge in [0.15, 0.2) is 0 Å². The van der Waals surface area contributed by atoms with Gasteiger partial charge in [-0.15, -0.1) is 0 Å². The van der Waals surface area contributed by atoms with Crippen LogP contribution < -0.4 is 20.1 Å². The highest BCUT2D eigenvalue weighted by Gasteiger charge is 2.17. The number of nitro groups is 1. The number of nitrogens with zero attached hydrogens (tertiary/aromatic N) is 1. The molecule has 0 aromatic heterocycles. The Hall–Kier alpha value is -3.29. The number of carbonyl (C=O) groups is 1. The summed E-state index contributed by atoms with van der Waals surface area (Å²) in [5.74, 6) is 0.703. The number of nitrogens with one attached hydrogen (secondary N) is 2. The van der Waals surface area contributed by atoms with Crippen LogP contribution in [0.5, 0.6) is 11.5 Å². The fourth-order valence-corrected chi connectivity index (χ4v) is 2.15. The van der Waals surface area contributed by atoms with Crippen molar-refractivity contribution >= 4 is 23.0 Å². The summed E-state index contributed by atoms with van der Waals surface area (Å²) in [5.41, 5.74) is 0.853. The molecule has 2 rings (SSSR count). The molecule has 0 aliphatic carbocycles. The van der Waals surface area contributed by atoms with Crippen molar-refractivity contribution in [3.8, 4) is 11.5 Å². The number of hydrogen-bond donors (Lipinski definition) is 2. The topological polar surface area (TPSA) is 103 Å². The maximum atomic E-state index is 12.4. The van der Waals surface area contributed by atoms with Crippen LogP contribution in [-0.4, -0.2) is 31.1 Å². The Balaban J connectivity index is 2.09. The number of nitro benzene ring substituents is 1. The van der Waals surface area contributed by atoms with Crippen molar-refractivity contribution in [1.29, 1.82) is 0 Å². The smallest absolute Gasteiger partial charge is 0.271 e. The van der Waals surface area contributed by atoms with Crippen molar-refractivity contribution in [1.82, 2.24) is 0 Å². The zero-order valence-electron chi connectivity index (χ0n) is 14.1. The number of rotatable bonds is 7. The van der Waals surface area contributed by atoms with Crippen molar-refractivity contribution in [2.24, 2.45) is 0 Å². The van der Waals surface area contributed by atoms with E-state index in [4.69, 9.17) is 9.47 Å². The highest BCUT2D eigenvalue weighted by atomic mass is 16.6. The van der Waals surface area contributed by atoms with Gasteiger partial charge in [-0.05, 0) is 37.3 Å². The van der Waals surface area contributed by atoms with Gasteiger partial charge in [-0.3, -0.25) is 14.9 Å². The van der Waals surface area contributed by atoms with Gasteiger partial charge in [0.05, 0.1) is 24.8 Å². The normalized spacial score (nSPS) is 11.3. The van der Waals surface area contributed by atoms with E-state index < -0.39 is 11.0 Å². The molecule has 0 unspecified atom stereocenters. The number of benzene rings is 2. The number of hydrogen-bond acceptors (Lipinski definition) is 6. The van der Waals surface area contributed by atoms with Gasteiger partial charge in [0.2, 0.25) is 5.91 Å². The van der Waals surface area contributed by atoms with Crippen LogP contribution in [0.2, 0.25) is 0 Å². The zero-order valence-corrected chi connectivity index (χ0v) is 14.1. The molecule has 0 spiro atoms. The van der Waals surface area contributed by atoms with E-state index in [1.165, 1.54) is 25.3 Å². The van der Waals surface area contributed by atoms with Crippen LogP contribution in [0.4, 0.5) is 17.1 Å². The SMILES string of the molecule is COc1ccc(N[C@H](C)C(=O)Nc2cc([N+](=O)[O-])ccc2OC)cc1. The molecular formula is C17H19N3O5. The van der Waals surface area contributed by atoms with Gasteiger partial charge in [0.1, 0.15) is 17.5 Å². The number of non-ortho nitro benzene ring substituents is 1. The average Bonchev–Trinajstić information content (AvgIpc) is 2.62. The van der Waals surface area contributed by atoms with Crippen LogP contribution >= 0.6 is 0 Å². The second kappa shape index (κ2) is 8.00. The van der Waals surface area contributed by atoms with E-state index in [1.807, 2.05) is 0 Å². The minimum atomic E-state index is -0.572. The summed E-state index contributed by atoms with van der Waals surface area (Å²) in [5, 5.41) is 16.6. The lowest BCUT2D eigenvalue weighted by molar-refractivity contribution is -0.384. The van der Waals surface area contributed by atoms with Crippen LogP contribution in [0, 0.1) is 10.1 Å². The van der Waals surface area contributed by atoms with Crippen molar-refractivity contribution in [2.45, 2.75) is 13.0 Å². The van der Waals surface area contributed by atoms with Gasteiger partial charge in [-0.2, -0.15) is 0 Å². The van der Waals surface area contributed by atoms with E-state index >= 15 is 0 Å². The van der Waals surface area contributed by atoms with Crippen LogP contribution in [0.25, 0.3) is 0 Å². The summed E-state index contributed by atoms with van der Waals surface area (Å²) >= 11 is 0. The summed E-state index contributed by atoms with van der Waals surface area (Å²) in [6.45, 7) is 1.68. The molecule has 25 heavy (non-hydrogen) atoms. The van der Waals surface area contributed by atoms with Crippen molar-refractivity contribution in [2.75, 3.05) is 24.9 Å². The van der Waals surface area contributed by atoms with Gasteiger partial charge in [-0.25, -0.2) is 0 Å². The zero-order chi connectivity index (χ0) is 18.4. The van der Waals surface area contributed by atoms with Crippen molar-refractivity contribution < 1.29 is 19.2 Å². The Bertz CT molecular complexity index is 761. The highest BCUT2D eigenvalue weighted by molar-refractivity contribution is 5.97. The second-order valence-corrected chi connectivity index (χ2v) is 5.23. The first-order chi connectivity index (χ1) is 11.9. The van der Waals surface area contributed by atoms with Crippen LogP contribution in [-0.2, 0) is 4.79 Å². The third-order valence-corrected chi connectivity index (χ3v) is 3.52. The van der Waals surface area contributed by atoms with E-state index in [2.05, 4.69) is 10.6 Å². The summed E-state index contributed by atoms with van der Waals surface area (Å²) < 4.78 is 10.2. The van der Waals surface area contributed by atoms with Crippen molar-refractivity contribution in [3.63, 3.8) is 0 Å². The number of anilines is 2. The van der Waals surface area contributed by atoms with Gasteiger partial charge in [0, 0.05) is 17.8 Å². The molecule has 0 radical (unpaired) electrons. The van der Waals surface area contributed by atoms with E-state index in [0.717, 1.165) is 5.69 Å². The van der Waals surface area contributed by atoms with E-state index in [9.17, 15) is 14.9 Å². The minimum absolute atomic E-state index is 0.133. The van der Waals surface area contributed by atoms with Crippen LogP contribution in [0.15, 0.2) is 42.5 Å². The fourth-order valence-electron chi connectivity index (χ4n) is 2.15. The molecule has 0 heterocycles. The third-order valence-electron chi connectivity index (χ3n) is 3.52. The Kier molecular flexibility index (Phi) is 5.78. The first-order valence-electron chi connectivity index (χ1n) is 7.48. The molecular weight excluding hydrogens is 326 g/mol. The van der Waals surface area contributed by atoms with Gasteiger partial charge in [-0.1, -0.05) is 0 Å². The molecule has 0 aliphatic rings. The largest absolute Gasteiger partial charge is 0.497 e. The summed E-state index contributed by atoms with van der Waals surface area (Å²) in [7, 11) is 3.00. The fraction of sp³-hybridized carbons (Fsp3) is 0.235. The minimum Gasteiger partial charge on any atom is -0.497 e. The number of carbonyl (C=O) groups excluding carboxylic acids is 1. The molecule has 1 amide bonds. The Morgan fingerprint density at radius 1 is 1.12 bits per heavy atom. The molecule has 0 fully saturated rings. The maximum absolute atomic E-state index is 12.4. The lowest BCUT2D eigenvalue weighted by Crippen LogP contribution is -2.32. The maximum Gasteiger partial charge on any atom is 0.271 e. The standard InChI is InChI=1S/C17H19N3O5/c1-11(18-12-4-7-14(24-2)8-5-12)17(21)19-15-10-13(20(22)23)6-9-16(15)25-3/h4-11,18H,1-3H3,(H,19,21)/t11-/m1/s1. The molecule has 2 N–H and O–H groups in total. The van der Waals surface area contributed by atoms with Crippen molar-refractivity contribution in [3.05, 3.63) is 52.6 Å². The molecule has 132 valence electrons. The van der Waals surface area contributed by atoms with Crippen LogP contribution in [0.3, 0.4) is 0 Å². The first-order valence-corrected chi connectivity index (χ1v) is 7.48. The lowest BCUT2D eigenvalue weighted by Gasteiger charge is -2.16.